The lowest BCUT2D eigenvalue weighted by Gasteiger charge is -2.22. The average molecular weight is 282 g/mol. The van der Waals surface area contributed by atoms with Crippen LogP contribution in [0.1, 0.15) is 37.7 Å². The van der Waals surface area contributed by atoms with E-state index in [4.69, 9.17) is 4.74 Å². The minimum atomic E-state index is -0.119. The zero-order valence-electron chi connectivity index (χ0n) is 11.4. The summed E-state index contributed by atoms with van der Waals surface area (Å²) in [5.74, 6) is 0. The first kappa shape index (κ1) is 14.3. The molecular weight excluding hydrogens is 260 g/mol. The molecule has 5 heteroatoms. The Morgan fingerprint density at radius 2 is 2.37 bits per heavy atom. The van der Waals surface area contributed by atoms with Crippen LogP contribution in [0.4, 0.5) is 10.5 Å². The van der Waals surface area contributed by atoms with Gasteiger partial charge in [0, 0.05) is 18.5 Å². The van der Waals surface area contributed by atoms with E-state index in [0.717, 1.165) is 30.7 Å². The molecule has 1 aliphatic rings. The molecule has 0 unspecified atom stereocenters. The van der Waals surface area contributed by atoms with E-state index < -0.39 is 0 Å². The maximum Gasteiger partial charge on any atom is 0.319 e. The van der Waals surface area contributed by atoms with Crippen molar-refractivity contribution >= 4 is 23.1 Å². The maximum atomic E-state index is 11.7. The van der Waals surface area contributed by atoms with Gasteiger partial charge in [0.1, 0.15) is 0 Å². The highest BCUT2D eigenvalue weighted by molar-refractivity contribution is 7.08. The zero-order chi connectivity index (χ0) is 13.5. The fourth-order valence-corrected chi connectivity index (χ4v) is 3.00. The first-order chi connectivity index (χ1) is 9.25. The van der Waals surface area contributed by atoms with Gasteiger partial charge >= 0.3 is 6.03 Å². The number of aryl methyl sites for hydroxylation is 1. The Morgan fingerprint density at radius 3 is 3.05 bits per heavy atom. The van der Waals surface area contributed by atoms with Crippen LogP contribution in [0, 0.1) is 6.92 Å². The van der Waals surface area contributed by atoms with Crippen LogP contribution >= 0.6 is 11.3 Å². The molecule has 1 atom stereocenters. The van der Waals surface area contributed by atoms with E-state index in [9.17, 15) is 4.79 Å². The zero-order valence-corrected chi connectivity index (χ0v) is 12.2. The van der Waals surface area contributed by atoms with Crippen molar-refractivity contribution in [3.8, 4) is 0 Å². The largest absolute Gasteiger partial charge is 0.378 e. The van der Waals surface area contributed by atoms with Crippen LogP contribution in [-0.4, -0.2) is 25.3 Å². The van der Waals surface area contributed by atoms with E-state index in [1.807, 2.05) is 17.7 Å². The molecule has 1 saturated heterocycles. The van der Waals surface area contributed by atoms with Crippen molar-refractivity contribution in [1.82, 2.24) is 5.32 Å². The second kappa shape index (κ2) is 7.50. The Hall–Kier alpha value is -1.07. The number of hydrogen-bond donors (Lipinski definition) is 2. The third-order valence-electron chi connectivity index (χ3n) is 3.37. The number of ether oxygens (including phenoxy) is 1. The lowest BCUT2D eigenvalue weighted by molar-refractivity contribution is 0.0103. The second-order valence-corrected chi connectivity index (χ2v) is 5.72. The lowest BCUT2D eigenvalue weighted by atomic mass is 10.0. The van der Waals surface area contributed by atoms with Gasteiger partial charge in [-0.1, -0.05) is 0 Å². The van der Waals surface area contributed by atoms with Gasteiger partial charge in [0.2, 0.25) is 0 Å². The predicted molar refractivity (Wildman–Crippen MR) is 78.9 cm³/mol. The molecule has 1 aromatic heterocycles. The molecule has 0 saturated carbocycles. The van der Waals surface area contributed by atoms with E-state index in [-0.39, 0.29) is 6.03 Å². The van der Waals surface area contributed by atoms with Gasteiger partial charge in [-0.3, -0.25) is 0 Å². The highest BCUT2D eigenvalue weighted by Crippen LogP contribution is 2.19. The Balaban J connectivity index is 1.57. The lowest BCUT2D eigenvalue weighted by Crippen LogP contribution is -2.30. The van der Waals surface area contributed by atoms with Crippen molar-refractivity contribution in [2.24, 2.45) is 0 Å². The van der Waals surface area contributed by atoms with E-state index in [1.54, 1.807) is 11.3 Å². The molecule has 0 aliphatic carbocycles. The second-order valence-electron chi connectivity index (χ2n) is 4.98. The van der Waals surface area contributed by atoms with Gasteiger partial charge in [-0.2, -0.15) is 0 Å². The van der Waals surface area contributed by atoms with Gasteiger partial charge in [0.05, 0.1) is 11.8 Å². The number of urea groups is 1. The first-order valence-corrected chi connectivity index (χ1v) is 7.89. The van der Waals surface area contributed by atoms with Gasteiger partial charge in [-0.05, 0) is 50.0 Å². The topological polar surface area (TPSA) is 50.4 Å². The van der Waals surface area contributed by atoms with E-state index in [0.29, 0.717) is 12.6 Å². The number of amides is 2. The predicted octanol–water partition coefficient (Wildman–Crippen LogP) is 3.53. The molecular formula is C14H22N2O2S. The maximum absolute atomic E-state index is 11.7. The van der Waals surface area contributed by atoms with Crippen LogP contribution in [0.5, 0.6) is 0 Å². The highest BCUT2D eigenvalue weighted by Gasteiger charge is 2.13. The van der Waals surface area contributed by atoms with Crippen molar-refractivity contribution < 1.29 is 9.53 Å². The molecule has 19 heavy (non-hydrogen) atoms. The van der Waals surface area contributed by atoms with Crippen molar-refractivity contribution in [2.75, 3.05) is 18.5 Å². The molecule has 4 nitrogen and oxygen atoms in total. The number of hydrogen-bond acceptors (Lipinski definition) is 3. The molecule has 2 N–H and O–H groups in total. The first-order valence-electron chi connectivity index (χ1n) is 6.95. The summed E-state index contributed by atoms with van der Waals surface area (Å²) in [6.07, 6.45) is 6.05. The Bertz CT molecular complexity index is 400. The molecule has 0 bridgehead atoms. The number of carbonyl (C=O) groups excluding carboxylic acids is 1. The molecule has 1 aromatic rings. The summed E-state index contributed by atoms with van der Waals surface area (Å²) in [5, 5.41) is 9.72. The number of anilines is 1. The van der Waals surface area contributed by atoms with E-state index in [1.165, 1.54) is 19.3 Å². The van der Waals surface area contributed by atoms with Gasteiger partial charge in [0.15, 0.2) is 0 Å². The molecule has 2 amide bonds. The Labute approximate surface area is 118 Å². The van der Waals surface area contributed by atoms with Gasteiger partial charge in [-0.25, -0.2) is 4.79 Å². The summed E-state index contributed by atoms with van der Waals surface area (Å²) in [6.45, 7) is 3.59. The summed E-state index contributed by atoms with van der Waals surface area (Å²) in [7, 11) is 0. The van der Waals surface area contributed by atoms with Crippen LogP contribution in [0.3, 0.4) is 0 Å². The molecule has 0 spiro atoms. The van der Waals surface area contributed by atoms with Crippen molar-refractivity contribution in [3.63, 3.8) is 0 Å². The fourth-order valence-electron chi connectivity index (χ4n) is 2.22. The summed E-state index contributed by atoms with van der Waals surface area (Å²) in [6, 6.07) is -0.119. The van der Waals surface area contributed by atoms with Crippen LogP contribution in [0.15, 0.2) is 10.8 Å². The number of carbonyl (C=O) groups is 1. The summed E-state index contributed by atoms with van der Waals surface area (Å²) in [5.41, 5.74) is 2.01. The minimum Gasteiger partial charge on any atom is -0.378 e. The van der Waals surface area contributed by atoms with Crippen molar-refractivity contribution in [2.45, 2.75) is 45.1 Å². The van der Waals surface area contributed by atoms with Crippen LogP contribution in [-0.2, 0) is 4.74 Å². The Morgan fingerprint density at radius 1 is 1.47 bits per heavy atom. The third-order valence-corrected chi connectivity index (χ3v) is 4.23. The van der Waals surface area contributed by atoms with Crippen molar-refractivity contribution in [3.05, 3.63) is 16.3 Å². The monoisotopic (exact) mass is 282 g/mol. The van der Waals surface area contributed by atoms with Gasteiger partial charge in [-0.15, -0.1) is 11.3 Å². The Kier molecular flexibility index (Phi) is 5.66. The molecule has 2 rings (SSSR count). The highest BCUT2D eigenvalue weighted by atomic mass is 32.1. The number of thiophene rings is 1. The van der Waals surface area contributed by atoms with Gasteiger partial charge in [0.25, 0.3) is 0 Å². The van der Waals surface area contributed by atoms with E-state index in [2.05, 4.69) is 10.6 Å². The molecule has 1 fully saturated rings. The quantitative estimate of drug-likeness (QED) is 0.812. The molecule has 1 aliphatic heterocycles. The molecule has 106 valence electrons. The molecule has 0 aromatic carbocycles. The summed E-state index contributed by atoms with van der Waals surface area (Å²) >= 11 is 1.60. The number of rotatable bonds is 5. The SMILES string of the molecule is Cc1cscc1NC(=O)NCCC[C@H]1CCCCO1. The van der Waals surface area contributed by atoms with E-state index >= 15 is 0 Å². The number of nitrogens with one attached hydrogen (secondary N) is 2. The fraction of sp³-hybridized carbons (Fsp3) is 0.643. The van der Waals surface area contributed by atoms with Gasteiger partial charge < -0.3 is 15.4 Å². The third kappa shape index (κ3) is 4.84. The van der Waals surface area contributed by atoms with Crippen LogP contribution in [0.2, 0.25) is 0 Å². The van der Waals surface area contributed by atoms with Crippen molar-refractivity contribution in [1.29, 1.82) is 0 Å². The molecule has 2 heterocycles. The van der Waals surface area contributed by atoms with Crippen LogP contribution in [0.25, 0.3) is 0 Å². The average Bonchev–Trinajstić information content (AvgIpc) is 2.82. The smallest absolute Gasteiger partial charge is 0.319 e. The minimum absolute atomic E-state index is 0.119. The summed E-state index contributed by atoms with van der Waals surface area (Å²) < 4.78 is 5.66. The standard InChI is InChI=1S/C14H22N2O2S/c1-11-9-19-10-13(11)16-14(17)15-7-4-6-12-5-2-3-8-18-12/h9-10,12H,2-8H2,1H3,(H2,15,16,17)/t12-/m1/s1. The normalized spacial score (nSPS) is 19.1. The molecule has 0 radical (unpaired) electrons. The summed E-state index contributed by atoms with van der Waals surface area (Å²) in [4.78, 5) is 11.7. The van der Waals surface area contributed by atoms with Crippen LogP contribution < -0.4 is 10.6 Å².